The number of esters is 1. The smallest absolute Gasteiger partial charge is 0.344 e. The van der Waals surface area contributed by atoms with Gasteiger partial charge in [0, 0.05) is 12.5 Å². The summed E-state index contributed by atoms with van der Waals surface area (Å²) in [6.07, 6.45) is 0. The topological polar surface area (TPSA) is 57.0 Å². The molecule has 0 atom stereocenters. The molecule has 0 amide bonds. The standard InChI is InChI=1S/C16H13N3O2/c1-12(20)21-16-17-15(13-8-4-2-5-9-13)19(18-16)14-10-6-3-7-11-14/h2-11H,1H3. The van der Waals surface area contributed by atoms with Crippen molar-refractivity contribution in [3.8, 4) is 23.1 Å². The first-order chi connectivity index (χ1) is 10.2. The van der Waals surface area contributed by atoms with Crippen LogP contribution in [0.3, 0.4) is 0 Å². The predicted octanol–water partition coefficient (Wildman–Crippen LogP) is 2.86. The highest BCUT2D eigenvalue weighted by atomic mass is 16.5. The Hall–Kier alpha value is -2.95. The van der Waals surface area contributed by atoms with Gasteiger partial charge in [-0.15, -0.1) is 5.10 Å². The fourth-order valence-corrected chi connectivity index (χ4v) is 1.99. The number of aromatic nitrogens is 3. The summed E-state index contributed by atoms with van der Waals surface area (Å²) in [5, 5.41) is 4.26. The molecule has 0 saturated heterocycles. The molecule has 0 aliphatic heterocycles. The Labute approximate surface area is 121 Å². The highest BCUT2D eigenvalue weighted by Crippen LogP contribution is 2.23. The molecule has 0 bridgehead atoms. The summed E-state index contributed by atoms with van der Waals surface area (Å²) in [4.78, 5) is 15.4. The number of carbonyl (C=O) groups is 1. The summed E-state index contributed by atoms with van der Waals surface area (Å²) in [6, 6.07) is 19.3. The van der Waals surface area contributed by atoms with Crippen LogP contribution in [-0.4, -0.2) is 20.7 Å². The maximum atomic E-state index is 11.1. The van der Waals surface area contributed by atoms with E-state index in [9.17, 15) is 4.79 Å². The molecule has 21 heavy (non-hydrogen) atoms. The summed E-state index contributed by atoms with van der Waals surface area (Å²) >= 11 is 0. The van der Waals surface area contributed by atoms with Crippen LogP contribution in [0.5, 0.6) is 6.01 Å². The first kappa shape index (κ1) is 13.1. The Morgan fingerprint density at radius 1 is 1.00 bits per heavy atom. The van der Waals surface area contributed by atoms with E-state index in [2.05, 4.69) is 10.1 Å². The van der Waals surface area contributed by atoms with E-state index in [1.807, 2.05) is 60.7 Å². The molecule has 3 rings (SSSR count). The van der Waals surface area contributed by atoms with Crippen molar-refractivity contribution in [1.82, 2.24) is 14.8 Å². The summed E-state index contributed by atoms with van der Waals surface area (Å²) in [5.41, 5.74) is 1.74. The number of para-hydroxylation sites is 1. The van der Waals surface area contributed by atoms with Crippen molar-refractivity contribution in [2.45, 2.75) is 6.92 Å². The van der Waals surface area contributed by atoms with E-state index >= 15 is 0 Å². The molecular weight excluding hydrogens is 266 g/mol. The van der Waals surface area contributed by atoms with Crippen LogP contribution in [0.25, 0.3) is 17.1 Å². The molecule has 0 N–H and O–H groups in total. The molecule has 1 heterocycles. The minimum Gasteiger partial charge on any atom is -0.390 e. The number of hydrogen-bond donors (Lipinski definition) is 0. The van der Waals surface area contributed by atoms with E-state index in [4.69, 9.17) is 4.74 Å². The number of ether oxygens (including phenoxy) is 1. The number of benzene rings is 2. The Balaban J connectivity index is 2.13. The van der Waals surface area contributed by atoms with Gasteiger partial charge in [-0.2, -0.15) is 4.98 Å². The zero-order valence-corrected chi connectivity index (χ0v) is 11.4. The molecule has 0 spiro atoms. The fraction of sp³-hybridized carbons (Fsp3) is 0.0625. The van der Waals surface area contributed by atoms with Gasteiger partial charge in [-0.1, -0.05) is 48.5 Å². The van der Waals surface area contributed by atoms with Crippen molar-refractivity contribution in [1.29, 1.82) is 0 Å². The fourth-order valence-electron chi connectivity index (χ4n) is 1.99. The molecule has 0 saturated carbocycles. The second-order valence-electron chi connectivity index (χ2n) is 4.43. The van der Waals surface area contributed by atoms with Gasteiger partial charge in [-0.3, -0.25) is 4.79 Å². The van der Waals surface area contributed by atoms with Crippen LogP contribution in [0.1, 0.15) is 6.92 Å². The van der Waals surface area contributed by atoms with Gasteiger partial charge in [0.25, 0.3) is 0 Å². The first-order valence-corrected chi connectivity index (χ1v) is 6.50. The molecule has 0 radical (unpaired) electrons. The number of rotatable bonds is 3. The molecule has 104 valence electrons. The van der Waals surface area contributed by atoms with Crippen molar-refractivity contribution < 1.29 is 9.53 Å². The van der Waals surface area contributed by atoms with Crippen LogP contribution in [0.4, 0.5) is 0 Å². The predicted molar refractivity (Wildman–Crippen MR) is 78.1 cm³/mol. The Morgan fingerprint density at radius 3 is 2.24 bits per heavy atom. The summed E-state index contributed by atoms with van der Waals surface area (Å²) in [6.45, 7) is 1.32. The Kier molecular flexibility index (Phi) is 3.47. The lowest BCUT2D eigenvalue weighted by molar-refractivity contribution is -0.132. The zero-order valence-electron chi connectivity index (χ0n) is 11.4. The van der Waals surface area contributed by atoms with Crippen molar-refractivity contribution in [2.24, 2.45) is 0 Å². The van der Waals surface area contributed by atoms with E-state index in [1.165, 1.54) is 6.92 Å². The summed E-state index contributed by atoms with van der Waals surface area (Å²) < 4.78 is 6.66. The van der Waals surface area contributed by atoms with Crippen LogP contribution in [0.2, 0.25) is 0 Å². The molecule has 0 unspecified atom stereocenters. The third-order valence-corrected chi connectivity index (χ3v) is 2.86. The minimum atomic E-state index is -0.445. The molecule has 3 aromatic rings. The van der Waals surface area contributed by atoms with Crippen LogP contribution in [-0.2, 0) is 4.79 Å². The summed E-state index contributed by atoms with van der Waals surface area (Å²) in [5.74, 6) is 0.179. The quantitative estimate of drug-likeness (QED) is 0.692. The van der Waals surface area contributed by atoms with Gasteiger partial charge < -0.3 is 4.74 Å². The lowest BCUT2D eigenvalue weighted by Gasteiger charge is -2.04. The van der Waals surface area contributed by atoms with Gasteiger partial charge >= 0.3 is 12.0 Å². The van der Waals surface area contributed by atoms with E-state index in [1.54, 1.807) is 4.68 Å². The zero-order chi connectivity index (χ0) is 14.7. The van der Waals surface area contributed by atoms with Gasteiger partial charge in [-0.05, 0) is 12.1 Å². The lowest BCUT2D eigenvalue weighted by Crippen LogP contribution is -2.03. The number of carbonyl (C=O) groups excluding carboxylic acids is 1. The van der Waals surface area contributed by atoms with E-state index < -0.39 is 5.97 Å². The van der Waals surface area contributed by atoms with Gasteiger partial charge in [-0.25, -0.2) is 4.68 Å². The normalized spacial score (nSPS) is 10.3. The molecule has 5 heteroatoms. The third kappa shape index (κ3) is 2.81. The average Bonchev–Trinajstić information content (AvgIpc) is 2.92. The summed E-state index contributed by atoms with van der Waals surface area (Å²) in [7, 11) is 0. The molecule has 0 aliphatic carbocycles. The minimum absolute atomic E-state index is 0.0465. The second kappa shape index (κ2) is 5.58. The molecular formula is C16H13N3O2. The molecule has 2 aromatic carbocycles. The van der Waals surface area contributed by atoms with Gasteiger partial charge in [0.15, 0.2) is 5.82 Å². The first-order valence-electron chi connectivity index (χ1n) is 6.50. The average molecular weight is 279 g/mol. The lowest BCUT2D eigenvalue weighted by atomic mass is 10.2. The van der Waals surface area contributed by atoms with E-state index in [0.29, 0.717) is 5.82 Å². The Bertz CT molecular complexity index is 695. The van der Waals surface area contributed by atoms with Crippen LogP contribution in [0.15, 0.2) is 60.7 Å². The van der Waals surface area contributed by atoms with E-state index in [0.717, 1.165) is 11.3 Å². The number of hydrogen-bond acceptors (Lipinski definition) is 4. The van der Waals surface area contributed by atoms with Crippen molar-refractivity contribution in [3.05, 3.63) is 60.7 Å². The van der Waals surface area contributed by atoms with E-state index in [-0.39, 0.29) is 6.01 Å². The van der Waals surface area contributed by atoms with Gasteiger partial charge in [0.1, 0.15) is 0 Å². The van der Waals surface area contributed by atoms with Crippen LogP contribution >= 0.6 is 0 Å². The molecule has 1 aromatic heterocycles. The van der Waals surface area contributed by atoms with Crippen molar-refractivity contribution >= 4 is 5.97 Å². The SMILES string of the molecule is CC(=O)Oc1nc(-c2ccccc2)n(-c2ccccc2)n1. The molecule has 0 aliphatic rings. The third-order valence-electron chi connectivity index (χ3n) is 2.86. The molecule has 0 fully saturated rings. The Morgan fingerprint density at radius 2 is 1.62 bits per heavy atom. The maximum absolute atomic E-state index is 11.1. The largest absolute Gasteiger partial charge is 0.390 e. The number of nitrogens with zero attached hydrogens (tertiary/aromatic N) is 3. The second-order valence-corrected chi connectivity index (χ2v) is 4.43. The highest BCUT2D eigenvalue weighted by molar-refractivity contribution is 5.68. The molecule has 5 nitrogen and oxygen atoms in total. The van der Waals surface area contributed by atoms with Gasteiger partial charge in [0.2, 0.25) is 0 Å². The van der Waals surface area contributed by atoms with Crippen molar-refractivity contribution in [3.63, 3.8) is 0 Å². The van der Waals surface area contributed by atoms with Gasteiger partial charge in [0.05, 0.1) is 5.69 Å². The van der Waals surface area contributed by atoms with Crippen molar-refractivity contribution in [2.75, 3.05) is 0 Å². The monoisotopic (exact) mass is 279 g/mol. The highest BCUT2D eigenvalue weighted by Gasteiger charge is 2.15. The maximum Gasteiger partial charge on any atom is 0.344 e. The van der Waals surface area contributed by atoms with Crippen LogP contribution < -0.4 is 4.74 Å². The van der Waals surface area contributed by atoms with Crippen LogP contribution in [0, 0.1) is 0 Å².